The molecule has 0 fully saturated rings. The molecule has 2 aromatic carbocycles. The fraction of sp³-hybridized carbons (Fsp3) is 0.190. The van der Waals surface area contributed by atoms with Crippen LogP contribution >= 0.6 is 0 Å². The number of nitrogens with one attached hydrogen (secondary N) is 1. The van der Waals surface area contributed by atoms with Crippen molar-refractivity contribution >= 4 is 5.78 Å². The van der Waals surface area contributed by atoms with E-state index in [0.717, 1.165) is 11.3 Å². The molecule has 0 aliphatic carbocycles. The Morgan fingerprint density at radius 2 is 1.48 bits per heavy atom. The van der Waals surface area contributed by atoms with Crippen LogP contribution in [0.15, 0.2) is 48.7 Å². The van der Waals surface area contributed by atoms with Gasteiger partial charge in [-0.25, -0.2) is 0 Å². The van der Waals surface area contributed by atoms with Gasteiger partial charge in [-0.15, -0.1) is 0 Å². The molecule has 3 rings (SSSR count). The van der Waals surface area contributed by atoms with E-state index in [9.17, 15) is 4.79 Å². The van der Waals surface area contributed by atoms with Crippen molar-refractivity contribution in [3.63, 3.8) is 0 Å². The number of rotatable bonds is 7. The van der Waals surface area contributed by atoms with Crippen LogP contribution in [0.2, 0.25) is 0 Å². The van der Waals surface area contributed by atoms with E-state index in [1.807, 2.05) is 24.4 Å². The number of ketones is 1. The highest BCUT2D eigenvalue weighted by Crippen LogP contribution is 2.39. The Hall–Kier alpha value is -3.41. The van der Waals surface area contributed by atoms with Crippen LogP contribution in [0, 0.1) is 0 Å². The van der Waals surface area contributed by atoms with Gasteiger partial charge < -0.3 is 23.9 Å². The molecule has 6 heteroatoms. The lowest BCUT2D eigenvalue weighted by Crippen LogP contribution is -2.06. The van der Waals surface area contributed by atoms with Crippen molar-refractivity contribution in [1.82, 2.24) is 4.98 Å². The Morgan fingerprint density at radius 1 is 0.815 bits per heavy atom. The lowest BCUT2D eigenvalue weighted by molar-refractivity contribution is 0.103. The molecule has 0 saturated carbocycles. The highest BCUT2D eigenvalue weighted by atomic mass is 16.5. The average molecular weight is 367 g/mol. The number of carbonyl (C=O) groups is 1. The maximum atomic E-state index is 13.2. The van der Waals surface area contributed by atoms with Gasteiger partial charge in [0, 0.05) is 17.5 Å². The molecule has 1 aromatic heterocycles. The van der Waals surface area contributed by atoms with Crippen molar-refractivity contribution in [2.75, 3.05) is 28.4 Å². The zero-order chi connectivity index (χ0) is 19.4. The molecule has 1 N–H and O–H groups in total. The number of hydrogen-bond acceptors (Lipinski definition) is 5. The first-order valence-electron chi connectivity index (χ1n) is 8.29. The third-order valence-corrected chi connectivity index (χ3v) is 4.28. The number of H-pyrrole nitrogens is 1. The third kappa shape index (κ3) is 3.46. The summed E-state index contributed by atoms with van der Waals surface area (Å²) in [4.78, 5) is 16.4. The highest BCUT2D eigenvalue weighted by Gasteiger charge is 2.21. The number of aromatic amines is 1. The van der Waals surface area contributed by atoms with Gasteiger partial charge in [0.25, 0.3) is 0 Å². The van der Waals surface area contributed by atoms with E-state index in [1.54, 1.807) is 24.3 Å². The molecule has 0 unspecified atom stereocenters. The summed E-state index contributed by atoms with van der Waals surface area (Å²) in [6.45, 7) is 0. The van der Waals surface area contributed by atoms with Gasteiger partial charge in [0.2, 0.25) is 5.75 Å². The Morgan fingerprint density at radius 3 is 2.00 bits per heavy atom. The van der Waals surface area contributed by atoms with E-state index in [0.29, 0.717) is 34.1 Å². The lowest BCUT2D eigenvalue weighted by atomic mass is 9.98. The first kappa shape index (κ1) is 18.4. The average Bonchev–Trinajstić information content (AvgIpc) is 3.26. The minimum atomic E-state index is -0.209. The van der Waals surface area contributed by atoms with Crippen LogP contribution < -0.4 is 18.9 Å². The van der Waals surface area contributed by atoms with E-state index in [1.165, 1.54) is 28.4 Å². The first-order chi connectivity index (χ1) is 13.1. The van der Waals surface area contributed by atoms with E-state index in [2.05, 4.69) is 4.98 Å². The molecule has 0 radical (unpaired) electrons. The van der Waals surface area contributed by atoms with Crippen molar-refractivity contribution in [2.45, 2.75) is 0 Å². The lowest BCUT2D eigenvalue weighted by Gasteiger charge is -2.15. The SMILES string of the molecule is COc1ccc(-c2ccc[nH]2)cc1C(=O)c1cc(OC)c(OC)c(OC)c1. The molecular formula is C21H21NO5. The smallest absolute Gasteiger partial charge is 0.203 e. The zero-order valence-electron chi connectivity index (χ0n) is 15.7. The maximum absolute atomic E-state index is 13.2. The Balaban J connectivity index is 2.11. The topological polar surface area (TPSA) is 69.8 Å². The van der Waals surface area contributed by atoms with E-state index >= 15 is 0 Å². The van der Waals surface area contributed by atoms with Crippen LogP contribution in [0.4, 0.5) is 0 Å². The number of carbonyl (C=O) groups excluding carboxylic acids is 1. The molecule has 140 valence electrons. The molecule has 0 amide bonds. The van der Waals surface area contributed by atoms with Gasteiger partial charge in [-0.05, 0) is 48.0 Å². The molecule has 0 atom stereocenters. The van der Waals surface area contributed by atoms with E-state index in [-0.39, 0.29) is 5.78 Å². The fourth-order valence-electron chi connectivity index (χ4n) is 2.93. The van der Waals surface area contributed by atoms with Crippen molar-refractivity contribution < 1.29 is 23.7 Å². The molecule has 27 heavy (non-hydrogen) atoms. The summed E-state index contributed by atoms with van der Waals surface area (Å²) >= 11 is 0. The number of aromatic nitrogens is 1. The van der Waals surface area contributed by atoms with Gasteiger partial charge in [-0.3, -0.25) is 4.79 Å². The predicted molar refractivity (Wildman–Crippen MR) is 102 cm³/mol. The van der Waals surface area contributed by atoms with Crippen LogP contribution in [-0.2, 0) is 0 Å². The van der Waals surface area contributed by atoms with Gasteiger partial charge in [0.15, 0.2) is 17.3 Å². The summed E-state index contributed by atoms with van der Waals surface area (Å²) in [5.41, 5.74) is 2.65. The Kier molecular flexibility index (Phi) is 5.35. The summed E-state index contributed by atoms with van der Waals surface area (Å²) in [5, 5.41) is 0. The summed E-state index contributed by atoms with van der Waals surface area (Å²) in [6, 6.07) is 12.6. The third-order valence-electron chi connectivity index (χ3n) is 4.28. The second kappa shape index (κ2) is 7.86. The Bertz CT molecular complexity index is 922. The van der Waals surface area contributed by atoms with Crippen molar-refractivity contribution in [3.05, 3.63) is 59.8 Å². The molecule has 0 aliphatic heterocycles. The van der Waals surface area contributed by atoms with Crippen molar-refractivity contribution in [2.24, 2.45) is 0 Å². The van der Waals surface area contributed by atoms with Crippen molar-refractivity contribution in [1.29, 1.82) is 0 Å². The fourth-order valence-corrected chi connectivity index (χ4v) is 2.93. The van der Waals surface area contributed by atoms with Gasteiger partial charge in [0.1, 0.15) is 5.75 Å². The summed E-state index contributed by atoms with van der Waals surface area (Å²) in [6.07, 6.45) is 1.83. The molecule has 0 saturated heterocycles. The minimum absolute atomic E-state index is 0.209. The van der Waals surface area contributed by atoms with Crippen LogP contribution in [-0.4, -0.2) is 39.2 Å². The van der Waals surface area contributed by atoms with Gasteiger partial charge in [-0.2, -0.15) is 0 Å². The van der Waals surface area contributed by atoms with Crippen LogP contribution in [0.5, 0.6) is 23.0 Å². The largest absolute Gasteiger partial charge is 0.496 e. The quantitative estimate of drug-likeness (QED) is 0.641. The first-order valence-corrected chi connectivity index (χ1v) is 8.29. The summed E-state index contributed by atoms with van der Waals surface area (Å²) in [7, 11) is 6.08. The second-order valence-electron chi connectivity index (χ2n) is 5.74. The highest BCUT2D eigenvalue weighted by molar-refractivity contribution is 6.12. The number of methoxy groups -OCH3 is 4. The number of hydrogen-bond donors (Lipinski definition) is 1. The van der Waals surface area contributed by atoms with Crippen molar-refractivity contribution in [3.8, 4) is 34.3 Å². The van der Waals surface area contributed by atoms with Crippen LogP contribution in [0.25, 0.3) is 11.3 Å². The standard InChI is InChI=1S/C21H21NO5/c1-24-17-8-7-13(16-6-5-9-22-16)10-15(17)20(23)14-11-18(25-2)21(27-4)19(12-14)26-3/h5-12,22H,1-4H3. The zero-order valence-corrected chi connectivity index (χ0v) is 15.7. The summed E-state index contributed by atoms with van der Waals surface area (Å²) < 4.78 is 21.4. The van der Waals surface area contributed by atoms with Crippen LogP contribution in [0.3, 0.4) is 0 Å². The summed E-state index contributed by atoms with van der Waals surface area (Å²) in [5.74, 6) is 1.55. The number of ether oxygens (including phenoxy) is 4. The monoisotopic (exact) mass is 367 g/mol. The second-order valence-corrected chi connectivity index (χ2v) is 5.74. The molecule has 1 heterocycles. The van der Waals surface area contributed by atoms with Gasteiger partial charge in [-0.1, -0.05) is 0 Å². The normalized spacial score (nSPS) is 10.4. The minimum Gasteiger partial charge on any atom is -0.496 e. The van der Waals surface area contributed by atoms with E-state index < -0.39 is 0 Å². The molecular weight excluding hydrogens is 346 g/mol. The van der Waals surface area contributed by atoms with E-state index in [4.69, 9.17) is 18.9 Å². The molecule has 0 aliphatic rings. The molecule has 0 bridgehead atoms. The van der Waals surface area contributed by atoms with Gasteiger partial charge >= 0.3 is 0 Å². The van der Waals surface area contributed by atoms with Crippen LogP contribution in [0.1, 0.15) is 15.9 Å². The van der Waals surface area contributed by atoms with Gasteiger partial charge in [0.05, 0.1) is 34.0 Å². The molecule has 0 spiro atoms. The Labute approximate surface area is 157 Å². The molecule has 6 nitrogen and oxygen atoms in total. The number of benzene rings is 2. The molecule has 3 aromatic rings. The maximum Gasteiger partial charge on any atom is 0.203 e. The predicted octanol–water partition coefficient (Wildman–Crippen LogP) is 3.95.